The highest BCUT2D eigenvalue weighted by atomic mass is 16.5. The third-order valence-electron chi connectivity index (χ3n) is 5.76. The molecule has 162 valence electrons. The lowest BCUT2D eigenvalue weighted by Gasteiger charge is -2.24. The number of nitrogens with zero attached hydrogens (tertiary/aromatic N) is 1. The van der Waals surface area contributed by atoms with E-state index in [1.807, 2.05) is 65.6 Å². The van der Waals surface area contributed by atoms with Crippen molar-refractivity contribution in [1.82, 2.24) is 4.90 Å². The lowest BCUT2D eigenvalue weighted by atomic mass is 10.0. The van der Waals surface area contributed by atoms with Gasteiger partial charge < -0.3 is 14.7 Å². The zero-order valence-electron chi connectivity index (χ0n) is 18.2. The maximum Gasteiger partial charge on any atom is 0.254 e. The summed E-state index contributed by atoms with van der Waals surface area (Å²) in [7, 11) is 1.66. The fourth-order valence-corrected chi connectivity index (χ4v) is 4.06. The molecular weight excluding hydrogens is 398 g/mol. The molecule has 4 nitrogen and oxygen atoms in total. The number of hydrogen-bond acceptors (Lipinski definition) is 3. The lowest BCUT2D eigenvalue weighted by Crippen LogP contribution is -2.35. The SMILES string of the molecule is COc1ccccc1CCN(CCc1ccccc1)C(=O)c1cccc2cccc(O)c12. The molecule has 0 aliphatic carbocycles. The van der Waals surface area contributed by atoms with Gasteiger partial charge in [-0.25, -0.2) is 0 Å². The zero-order valence-corrected chi connectivity index (χ0v) is 18.2. The topological polar surface area (TPSA) is 49.8 Å². The van der Waals surface area contributed by atoms with Crippen molar-refractivity contribution in [2.24, 2.45) is 0 Å². The Morgan fingerprint density at radius 3 is 2.28 bits per heavy atom. The van der Waals surface area contributed by atoms with Crippen LogP contribution >= 0.6 is 0 Å². The molecular formula is C28H27NO3. The van der Waals surface area contributed by atoms with Crippen LogP contribution < -0.4 is 4.74 Å². The van der Waals surface area contributed by atoms with Crippen molar-refractivity contribution in [3.05, 3.63) is 108 Å². The molecule has 4 heteroatoms. The Labute approximate surface area is 188 Å². The number of methoxy groups -OCH3 is 1. The molecule has 32 heavy (non-hydrogen) atoms. The minimum absolute atomic E-state index is 0.0806. The van der Waals surface area contributed by atoms with Gasteiger partial charge in [-0.3, -0.25) is 4.79 Å². The molecule has 0 radical (unpaired) electrons. The molecule has 0 atom stereocenters. The predicted octanol–water partition coefficient (Wildman–Crippen LogP) is 5.48. The van der Waals surface area contributed by atoms with Crippen molar-refractivity contribution in [3.63, 3.8) is 0 Å². The van der Waals surface area contributed by atoms with E-state index in [-0.39, 0.29) is 11.7 Å². The highest BCUT2D eigenvalue weighted by Crippen LogP contribution is 2.29. The maximum atomic E-state index is 13.7. The van der Waals surface area contributed by atoms with Gasteiger partial charge in [-0.2, -0.15) is 0 Å². The number of amides is 1. The van der Waals surface area contributed by atoms with Gasteiger partial charge in [0.25, 0.3) is 5.91 Å². The second-order valence-electron chi connectivity index (χ2n) is 7.77. The Bertz CT molecular complexity index is 1200. The largest absolute Gasteiger partial charge is 0.507 e. The second kappa shape index (κ2) is 10.0. The van der Waals surface area contributed by atoms with Gasteiger partial charge in [0.2, 0.25) is 0 Å². The van der Waals surface area contributed by atoms with Crippen LogP contribution in [0.1, 0.15) is 21.5 Å². The molecule has 1 amide bonds. The summed E-state index contributed by atoms with van der Waals surface area (Å²) in [5, 5.41) is 11.9. The zero-order chi connectivity index (χ0) is 22.3. The number of hydrogen-bond donors (Lipinski definition) is 1. The number of phenols is 1. The first kappa shape index (κ1) is 21.4. The minimum Gasteiger partial charge on any atom is -0.507 e. The number of fused-ring (bicyclic) bond motifs is 1. The highest BCUT2D eigenvalue weighted by molar-refractivity contribution is 6.09. The van der Waals surface area contributed by atoms with Crippen LogP contribution in [0.25, 0.3) is 10.8 Å². The van der Waals surface area contributed by atoms with Crippen LogP contribution in [0.4, 0.5) is 0 Å². The number of ether oxygens (including phenoxy) is 1. The third-order valence-corrected chi connectivity index (χ3v) is 5.76. The van der Waals surface area contributed by atoms with Gasteiger partial charge in [0.15, 0.2) is 0 Å². The summed E-state index contributed by atoms with van der Waals surface area (Å²) in [5.41, 5.74) is 2.77. The van der Waals surface area contributed by atoms with E-state index in [0.29, 0.717) is 30.5 Å². The van der Waals surface area contributed by atoms with Crippen molar-refractivity contribution in [3.8, 4) is 11.5 Å². The van der Waals surface area contributed by atoms with Crippen LogP contribution in [0.5, 0.6) is 11.5 Å². The van der Waals surface area contributed by atoms with E-state index < -0.39 is 0 Å². The first-order valence-corrected chi connectivity index (χ1v) is 10.8. The number of benzene rings is 4. The molecule has 0 fully saturated rings. The predicted molar refractivity (Wildman–Crippen MR) is 128 cm³/mol. The Morgan fingerprint density at radius 2 is 1.50 bits per heavy atom. The molecule has 0 aliphatic rings. The van der Waals surface area contributed by atoms with E-state index in [1.165, 1.54) is 5.56 Å². The highest BCUT2D eigenvalue weighted by Gasteiger charge is 2.20. The number of aromatic hydroxyl groups is 1. The molecule has 0 saturated heterocycles. The summed E-state index contributed by atoms with van der Waals surface area (Å²) < 4.78 is 5.49. The molecule has 4 aromatic carbocycles. The molecule has 1 N–H and O–H groups in total. The fraction of sp³-hybridized carbons (Fsp3) is 0.179. The number of carbonyl (C=O) groups excluding carboxylic acids is 1. The van der Waals surface area contributed by atoms with Crippen LogP contribution in [0, 0.1) is 0 Å². The average Bonchev–Trinajstić information content (AvgIpc) is 2.84. The fourth-order valence-electron chi connectivity index (χ4n) is 4.06. The summed E-state index contributed by atoms with van der Waals surface area (Å²) in [5.74, 6) is 0.868. The van der Waals surface area contributed by atoms with Crippen molar-refractivity contribution in [2.45, 2.75) is 12.8 Å². The first-order valence-electron chi connectivity index (χ1n) is 10.8. The van der Waals surface area contributed by atoms with E-state index in [4.69, 9.17) is 4.74 Å². The molecule has 0 aromatic heterocycles. The van der Waals surface area contributed by atoms with E-state index in [1.54, 1.807) is 25.3 Å². The average molecular weight is 426 g/mol. The first-order chi connectivity index (χ1) is 15.7. The summed E-state index contributed by atoms with van der Waals surface area (Å²) >= 11 is 0. The smallest absolute Gasteiger partial charge is 0.254 e. The van der Waals surface area contributed by atoms with Crippen LogP contribution in [0.15, 0.2) is 91.0 Å². The van der Waals surface area contributed by atoms with Crippen LogP contribution in [0.2, 0.25) is 0 Å². The Morgan fingerprint density at radius 1 is 0.812 bits per heavy atom. The molecule has 0 aliphatic heterocycles. The summed E-state index contributed by atoms with van der Waals surface area (Å²) in [6.45, 7) is 1.14. The van der Waals surface area contributed by atoms with Gasteiger partial charge in [0.1, 0.15) is 11.5 Å². The van der Waals surface area contributed by atoms with E-state index >= 15 is 0 Å². The van der Waals surface area contributed by atoms with Gasteiger partial charge in [0.05, 0.1) is 12.7 Å². The Hall–Kier alpha value is -3.79. The summed E-state index contributed by atoms with van der Waals surface area (Å²) in [6.07, 6.45) is 1.44. The van der Waals surface area contributed by atoms with E-state index in [0.717, 1.165) is 23.1 Å². The number of rotatable bonds is 8. The van der Waals surface area contributed by atoms with Crippen LogP contribution in [-0.2, 0) is 12.8 Å². The molecule has 0 saturated carbocycles. The second-order valence-corrected chi connectivity index (χ2v) is 7.77. The maximum absolute atomic E-state index is 13.7. The quantitative estimate of drug-likeness (QED) is 0.407. The van der Waals surface area contributed by atoms with Crippen molar-refractivity contribution < 1.29 is 14.6 Å². The summed E-state index contributed by atoms with van der Waals surface area (Å²) in [4.78, 5) is 15.6. The van der Waals surface area contributed by atoms with Crippen molar-refractivity contribution in [2.75, 3.05) is 20.2 Å². The van der Waals surface area contributed by atoms with E-state index in [2.05, 4.69) is 12.1 Å². The molecule has 0 heterocycles. The Balaban J connectivity index is 1.63. The molecule has 0 unspecified atom stereocenters. The number of phenolic OH excluding ortho intramolecular Hbond substituents is 1. The standard InChI is InChI=1S/C28H27NO3/c1-32-26-16-6-5-11-22(26)18-20-29(19-17-21-9-3-2-4-10-21)28(31)24-14-7-12-23-13-8-15-25(30)27(23)24/h2-16,30H,17-20H2,1H3. The van der Waals surface area contributed by atoms with E-state index in [9.17, 15) is 9.90 Å². The normalized spacial score (nSPS) is 10.8. The molecule has 4 aromatic rings. The van der Waals surface area contributed by atoms with Crippen LogP contribution in [-0.4, -0.2) is 36.1 Å². The van der Waals surface area contributed by atoms with Gasteiger partial charge in [-0.1, -0.05) is 72.8 Å². The number of carbonyl (C=O) groups is 1. The molecule has 4 rings (SSSR count). The number of para-hydroxylation sites is 1. The third kappa shape index (κ3) is 4.75. The van der Waals surface area contributed by atoms with Gasteiger partial charge >= 0.3 is 0 Å². The summed E-state index contributed by atoms with van der Waals surface area (Å²) in [6, 6.07) is 29.0. The van der Waals surface area contributed by atoms with Gasteiger partial charge in [0, 0.05) is 18.5 Å². The van der Waals surface area contributed by atoms with Crippen molar-refractivity contribution >= 4 is 16.7 Å². The van der Waals surface area contributed by atoms with Gasteiger partial charge in [-0.05, 0) is 47.6 Å². The Kier molecular flexibility index (Phi) is 6.71. The van der Waals surface area contributed by atoms with Crippen molar-refractivity contribution in [1.29, 1.82) is 0 Å². The molecule has 0 spiro atoms. The monoisotopic (exact) mass is 425 g/mol. The molecule has 0 bridgehead atoms. The van der Waals surface area contributed by atoms with Gasteiger partial charge in [-0.15, -0.1) is 0 Å². The lowest BCUT2D eigenvalue weighted by molar-refractivity contribution is 0.0760. The van der Waals surface area contributed by atoms with Crippen LogP contribution in [0.3, 0.4) is 0 Å². The minimum atomic E-state index is -0.0806.